The zero-order valence-electron chi connectivity index (χ0n) is 15.2. The summed E-state index contributed by atoms with van der Waals surface area (Å²) in [5, 5.41) is 3.00. The smallest absolute Gasteiger partial charge is 0.227 e. The zero-order chi connectivity index (χ0) is 18.8. The van der Waals surface area contributed by atoms with Gasteiger partial charge in [0, 0.05) is 35.6 Å². The van der Waals surface area contributed by atoms with Gasteiger partial charge in [-0.3, -0.25) is 9.59 Å². The number of para-hydroxylation sites is 1. The third kappa shape index (κ3) is 3.93. The first-order valence-electron chi connectivity index (χ1n) is 9.55. The maximum atomic E-state index is 12.5. The van der Waals surface area contributed by atoms with Gasteiger partial charge in [0.05, 0.1) is 0 Å². The molecule has 4 nitrogen and oxygen atoms in total. The topological polar surface area (TPSA) is 49.4 Å². The molecule has 1 fully saturated rings. The van der Waals surface area contributed by atoms with Gasteiger partial charge in [0.25, 0.3) is 0 Å². The van der Waals surface area contributed by atoms with Crippen LogP contribution in [0.5, 0.6) is 0 Å². The van der Waals surface area contributed by atoms with Crippen LogP contribution in [0.3, 0.4) is 0 Å². The molecule has 1 heterocycles. The summed E-state index contributed by atoms with van der Waals surface area (Å²) in [6.45, 7) is 1.32. The van der Waals surface area contributed by atoms with Gasteiger partial charge in [-0.25, -0.2) is 0 Å². The number of carbonyl (C=O) groups is 2. The molecule has 2 aromatic carbocycles. The highest BCUT2D eigenvalue weighted by atomic mass is 79.9. The van der Waals surface area contributed by atoms with Crippen molar-refractivity contribution in [2.45, 2.75) is 31.6 Å². The summed E-state index contributed by atoms with van der Waals surface area (Å²) in [4.78, 5) is 26.7. The zero-order valence-corrected chi connectivity index (χ0v) is 16.7. The third-order valence-electron chi connectivity index (χ3n) is 5.49. The summed E-state index contributed by atoms with van der Waals surface area (Å²) < 4.78 is 1.07. The van der Waals surface area contributed by atoms with Crippen LogP contribution in [0.25, 0.3) is 0 Å². The molecule has 2 amide bonds. The van der Waals surface area contributed by atoms with Gasteiger partial charge in [-0.2, -0.15) is 0 Å². The molecule has 2 aromatic rings. The minimum Gasteiger partial charge on any atom is -0.356 e. The largest absolute Gasteiger partial charge is 0.356 e. The van der Waals surface area contributed by atoms with E-state index in [1.807, 2.05) is 41.3 Å². The Morgan fingerprint density at radius 1 is 1.11 bits per heavy atom. The lowest BCUT2D eigenvalue weighted by Crippen LogP contribution is -2.31. The molecular weight excluding hydrogens is 404 g/mol. The molecule has 0 radical (unpaired) electrons. The molecule has 2 atom stereocenters. The molecule has 0 aromatic heterocycles. The Labute approximate surface area is 168 Å². The fraction of sp³-hybridized carbons (Fsp3) is 0.364. The Morgan fingerprint density at radius 3 is 2.74 bits per heavy atom. The molecule has 2 unspecified atom stereocenters. The molecular formula is C22H23BrN2O2. The molecule has 4 rings (SSSR count). The second kappa shape index (κ2) is 7.85. The average Bonchev–Trinajstić information content (AvgIpc) is 3.36. The Kier molecular flexibility index (Phi) is 5.30. The number of nitrogens with zero attached hydrogens (tertiary/aromatic N) is 1. The number of benzene rings is 2. The number of amides is 2. The van der Waals surface area contributed by atoms with Crippen LogP contribution in [0.1, 0.15) is 36.3 Å². The first-order valence-corrected chi connectivity index (χ1v) is 10.3. The van der Waals surface area contributed by atoms with E-state index in [1.165, 1.54) is 11.1 Å². The lowest BCUT2D eigenvalue weighted by atomic mass is 10.1. The summed E-state index contributed by atoms with van der Waals surface area (Å²) >= 11 is 3.56. The standard InChI is InChI=1S/C22H23BrN2O2/c23-19-8-3-2-7-16(19)17-14-18(17)22(27)24-12-5-10-21(26)25-13-11-15-6-1-4-9-20(15)25/h1-4,6-9,17-18H,5,10-14H2,(H,24,27). The number of hydrogen-bond acceptors (Lipinski definition) is 2. The van der Waals surface area contributed by atoms with Crippen LogP contribution in [-0.2, 0) is 16.0 Å². The van der Waals surface area contributed by atoms with Gasteiger partial charge >= 0.3 is 0 Å². The van der Waals surface area contributed by atoms with Crippen LogP contribution in [0.2, 0.25) is 0 Å². The molecule has 27 heavy (non-hydrogen) atoms. The van der Waals surface area contributed by atoms with Crippen molar-refractivity contribution in [2.24, 2.45) is 5.92 Å². The van der Waals surface area contributed by atoms with E-state index in [4.69, 9.17) is 0 Å². The number of nitrogens with one attached hydrogen (secondary N) is 1. The van der Waals surface area contributed by atoms with E-state index in [-0.39, 0.29) is 17.7 Å². The summed E-state index contributed by atoms with van der Waals surface area (Å²) in [6, 6.07) is 16.2. The minimum absolute atomic E-state index is 0.0601. The Hall–Kier alpha value is -2.14. The van der Waals surface area contributed by atoms with Crippen LogP contribution in [0, 0.1) is 5.92 Å². The van der Waals surface area contributed by atoms with Crippen molar-refractivity contribution >= 4 is 33.4 Å². The van der Waals surface area contributed by atoms with E-state index in [0.717, 1.165) is 29.5 Å². The summed E-state index contributed by atoms with van der Waals surface area (Å²) in [6.07, 6.45) is 2.97. The van der Waals surface area contributed by atoms with E-state index in [1.54, 1.807) is 0 Å². The molecule has 1 aliphatic heterocycles. The number of fused-ring (bicyclic) bond motifs is 1. The highest BCUT2D eigenvalue weighted by Crippen LogP contribution is 2.49. The summed E-state index contributed by atoms with van der Waals surface area (Å²) in [5.74, 6) is 0.620. The van der Waals surface area contributed by atoms with Gasteiger partial charge in [0.2, 0.25) is 11.8 Å². The second-order valence-electron chi connectivity index (χ2n) is 7.29. The van der Waals surface area contributed by atoms with Crippen LogP contribution >= 0.6 is 15.9 Å². The van der Waals surface area contributed by atoms with Gasteiger partial charge < -0.3 is 10.2 Å². The molecule has 1 aliphatic carbocycles. The van der Waals surface area contributed by atoms with Gasteiger partial charge in [-0.05, 0) is 48.4 Å². The normalized spacial score (nSPS) is 20.3. The van der Waals surface area contributed by atoms with Crippen molar-refractivity contribution in [3.63, 3.8) is 0 Å². The summed E-state index contributed by atoms with van der Waals surface area (Å²) in [5.41, 5.74) is 3.49. The lowest BCUT2D eigenvalue weighted by Gasteiger charge is -2.17. The van der Waals surface area contributed by atoms with Gasteiger partial charge in [0.15, 0.2) is 0 Å². The summed E-state index contributed by atoms with van der Waals surface area (Å²) in [7, 11) is 0. The predicted molar refractivity (Wildman–Crippen MR) is 110 cm³/mol. The molecule has 5 heteroatoms. The maximum Gasteiger partial charge on any atom is 0.227 e. The number of anilines is 1. The van der Waals surface area contributed by atoms with Crippen LogP contribution in [0.15, 0.2) is 53.0 Å². The van der Waals surface area contributed by atoms with Crippen LogP contribution in [0.4, 0.5) is 5.69 Å². The number of carbonyl (C=O) groups excluding carboxylic acids is 2. The molecule has 0 saturated heterocycles. The number of rotatable bonds is 6. The SMILES string of the molecule is O=C(NCCCC(=O)N1CCc2ccccc21)C1CC1c1ccccc1Br. The first-order chi connectivity index (χ1) is 13.1. The molecule has 2 aliphatic rings. The Balaban J connectivity index is 1.21. The average molecular weight is 427 g/mol. The van der Waals surface area contributed by atoms with E-state index in [9.17, 15) is 9.59 Å². The monoisotopic (exact) mass is 426 g/mol. The first kappa shape index (κ1) is 18.2. The van der Waals surface area contributed by atoms with Crippen molar-refractivity contribution in [3.05, 3.63) is 64.1 Å². The van der Waals surface area contributed by atoms with Crippen LogP contribution in [-0.4, -0.2) is 24.9 Å². The molecule has 0 bridgehead atoms. The Bertz CT molecular complexity index is 867. The van der Waals surface area contributed by atoms with Gasteiger partial charge in [0.1, 0.15) is 0 Å². The molecule has 1 saturated carbocycles. The highest BCUT2D eigenvalue weighted by molar-refractivity contribution is 9.10. The van der Waals surface area contributed by atoms with Crippen molar-refractivity contribution in [3.8, 4) is 0 Å². The van der Waals surface area contributed by atoms with E-state index >= 15 is 0 Å². The minimum atomic E-state index is 0.0601. The van der Waals surface area contributed by atoms with Gasteiger partial charge in [-0.1, -0.05) is 52.3 Å². The maximum absolute atomic E-state index is 12.5. The quantitative estimate of drug-likeness (QED) is 0.708. The van der Waals surface area contributed by atoms with Crippen molar-refractivity contribution in [2.75, 3.05) is 18.0 Å². The van der Waals surface area contributed by atoms with Crippen molar-refractivity contribution < 1.29 is 9.59 Å². The fourth-order valence-electron chi connectivity index (χ4n) is 3.92. The predicted octanol–water partition coefficient (Wildman–Crippen LogP) is 4.04. The Morgan fingerprint density at radius 2 is 1.89 bits per heavy atom. The fourth-order valence-corrected chi connectivity index (χ4v) is 4.50. The van der Waals surface area contributed by atoms with E-state index < -0.39 is 0 Å². The molecule has 140 valence electrons. The highest BCUT2D eigenvalue weighted by Gasteiger charge is 2.44. The second-order valence-corrected chi connectivity index (χ2v) is 8.14. The number of halogens is 1. The molecule has 1 N–H and O–H groups in total. The third-order valence-corrected chi connectivity index (χ3v) is 6.21. The molecule has 0 spiro atoms. The lowest BCUT2D eigenvalue weighted by molar-refractivity contribution is -0.123. The van der Waals surface area contributed by atoms with E-state index in [0.29, 0.717) is 25.3 Å². The van der Waals surface area contributed by atoms with E-state index in [2.05, 4.69) is 33.4 Å². The van der Waals surface area contributed by atoms with Crippen molar-refractivity contribution in [1.82, 2.24) is 5.32 Å². The van der Waals surface area contributed by atoms with Crippen LogP contribution < -0.4 is 10.2 Å². The van der Waals surface area contributed by atoms with Crippen molar-refractivity contribution in [1.29, 1.82) is 0 Å². The van der Waals surface area contributed by atoms with Gasteiger partial charge in [-0.15, -0.1) is 0 Å². The number of hydrogen-bond donors (Lipinski definition) is 1.